The van der Waals surface area contributed by atoms with E-state index in [4.69, 9.17) is 4.74 Å². The Bertz CT molecular complexity index is 819. The number of halogens is 1. The van der Waals surface area contributed by atoms with Gasteiger partial charge >= 0.3 is 0 Å². The topological polar surface area (TPSA) is 33.6 Å². The van der Waals surface area contributed by atoms with E-state index in [1.54, 1.807) is 6.21 Å². The number of hydrogen-bond donors (Lipinski definition) is 1. The monoisotopic (exact) mass is 380 g/mol. The van der Waals surface area contributed by atoms with Gasteiger partial charge < -0.3 is 4.74 Å². The van der Waals surface area contributed by atoms with Gasteiger partial charge in [-0.1, -0.05) is 64.5 Å². The second kappa shape index (κ2) is 8.31. The molecule has 120 valence electrons. The maximum Gasteiger partial charge on any atom is 0.128 e. The average molecular weight is 381 g/mol. The third kappa shape index (κ3) is 4.70. The number of nitrogens with zero attached hydrogens (tertiary/aromatic N) is 1. The fourth-order valence-electron chi connectivity index (χ4n) is 2.19. The first-order valence-corrected chi connectivity index (χ1v) is 8.41. The Kier molecular flexibility index (Phi) is 5.64. The lowest BCUT2D eigenvalue weighted by molar-refractivity contribution is 0.306. The molecule has 3 aromatic carbocycles. The summed E-state index contributed by atoms with van der Waals surface area (Å²) in [5.74, 6) is 0.807. The van der Waals surface area contributed by atoms with E-state index in [1.807, 2.05) is 78.9 Å². The van der Waals surface area contributed by atoms with Crippen molar-refractivity contribution in [2.45, 2.75) is 6.61 Å². The van der Waals surface area contributed by atoms with E-state index < -0.39 is 0 Å². The van der Waals surface area contributed by atoms with E-state index >= 15 is 0 Å². The highest BCUT2D eigenvalue weighted by Gasteiger charge is 2.01. The summed E-state index contributed by atoms with van der Waals surface area (Å²) in [5.41, 5.74) is 6.00. The fourth-order valence-corrected chi connectivity index (χ4v) is 2.59. The molecule has 3 nitrogen and oxygen atoms in total. The third-order valence-corrected chi connectivity index (χ3v) is 3.87. The van der Waals surface area contributed by atoms with Crippen molar-refractivity contribution in [1.29, 1.82) is 0 Å². The van der Waals surface area contributed by atoms with Crippen molar-refractivity contribution in [2.24, 2.45) is 5.10 Å². The molecule has 0 aliphatic rings. The van der Waals surface area contributed by atoms with Crippen LogP contribution in [0.25, 0.3) is 0 Å². The van der Waals surface area contributed by atoms with E-state index in [0.29, 0.717) is 6.61 Å². The van der Waals surface area contributed by atoms with Crippen LogP contribution in [-0.2, 0) is 6.61 Å². The molecule has 3 aromatic rings. The van der Waals surface area contributed by atoms with E-state index in [-0.39, 0.29) is 0 Å². The predicted octanol–water partition coefficient (Wildman–Crippen LogP) is 5.47. The first-order valence-electron chi connectivity index (χ1n) is 7.62. The number of ether oxygens (including phenoxy) is 1. The highest BCUT2D eigenvalue weighted by atomic mass is 79.9. The Morgan fingerprint density at radius 3 is 2.54 bits per heavy atom. The Labute approximate surface area is 150 Å². The van der Waals surface area contributed by atoms with Crippen LogP contribution in [0.1, 0.15) is 11.1 Å². The van der Waals surface area contributed by atoms with Crippen LogP contribution < -0.4 is 10.2 Å². The van der Waals surface area contributed by atoms with Crippen molar-refractivity contribution in [3.63, 3.8) is 0 Å². The van der Waals surface area contributed by atoms with Crippen LogP contribution in [0.2, 0.25) is 0 Å². The van der Waals surface area contributed by atoms with E-state index in [0.717, 1.165) is 27.0 Å². The van der Waals surface area contributed by atoms with E-state index in [2.05, 4.69) is 26.5 Å². The van der Waals surface area contributed by atoms with Gasteiger partial charge in [0.1, 0.15) is 12.4 Å². The lowest BCUT2D eigenvalue weighted by Gasteiger charge is -2.09. The summed E-state index contributed by atoms with van der Waals surface area (Å²) < 4.78 is 6.93. The van der Waals surface area contributed by atoms with Crippen molar-refractivity contribution in [1.82, 2.24) is 0 Å². The predicted molar refractivity (Wildman–Crippen MR) is 103 cm³/mol. The molecule has 0 atom stereocenters. The molecule has 3 rings (SSSR count). The molecule has 0 radical (unpaired) electrons. The minimum absolute atomic E-state index is 0.532. The molecule has 0 aliphatic carbocycles. The number of para-hydroxylation sites is 1. The molecule has 0 fully saturated rings. The van der Waals surface area contributed by atoms with Crippen molar-refractivity contribution >= 4 is 27.8 Å². The van der Waals surface area contributed by atoms with Crippen LogP contribution >= 0.6 is 15.9 Å². The molecule has 0 aromatic heterocycles. The molecule has 0 heterocycles. The van der Waals surface area contributed by atoms with Crippen molar-refractivity contribution in [2.75, 3.05) is 5.43 Å². The lowest BCUT2D eigenvalue weighted by atomic mass is 10.2. The van der Waals surface area contributed by atoms with Gasteiger partial charge in [0.15, 0.2) is 0 Å². The SMILES string of the molecule is Brc1cccc(NN=Cc2ccccc2OCc2ccccc2)c1. The highest BCUT2D eigenvalue weighted by Crippen LogP contribution is 2.18. The molecule has 0 bridgehead atoms. The summed E-state index contributed by atoms with van der Waals surface area (Å²) in [6.45, 7) is 0.532. The minimum Gasteiger partial charge on any atom is -0.488 e. The van der Waals surface area contributed by atoms with E-state index in [1.165, 1.54) is 0 Å². The summed E-state index contributed by atoms with van der Waals surface area (Å²) in [5, 5.41) is 4.29. The Hall–Kier alpha value is -2.59. The maximum absolute atomic E-state index is 5.92. The van der Waals surface area contributed by atoms with Crippen molar-refractivity contribution in [3.05, 3.63) is 94.5 Å². The molecular formula is C20H17BrN2O. The largest absolute Gasteiger partial charge is 0.488 e. The summed E-state index contributed by atoms with van der Waals surface area (Å²) in [7, 11) is 0. The number of benzene rings is 3. The Morgan fingerprint density at radius 1 is 0.917 bits per heavy atom. The summed E-state index contributed by atoms with van der Waals surface area (Å²) in [6.07, 6.45) is 1.77. The van der Waals surface area contributed by atoms with Crippen molar-refractivity contribution in [3.8, 4) is 5.75 Å². The quantitative estimate of drug-likeness (QED) is 0.454. The maximum atomic E-state index is 5.92. The average Bonchev–Trinajstić information content (AvgIpc) is 2.62. The van der Waals surface area contributed by atoms with Gasteiger partial charge in [-0.3, -0.25) is 5.43 Å². The molecule has 24 heavy (non-hydrogen) atoms. The van der Waals surface area contributed by atoms with Crippen LogP contribution in [0.15, 0.2) is 88.4 Å². The second-order valence-electron chi connectivity index (χ2n) is 5.19. The molecule has 0 spiro atoms. The number of rotatable bonds is 6. The smallest absolute Gasteiger partial charge is 0.128 e. The van der Waals surface area contributed by atoms with Crippen LogP contribution in [0.3, 0.4) is 0 Å². The number of hydrogen-bond acceptors (Lipinski definition) is 3. The minimum atomic E-state index is 0.532. The Balaban J connectivity index is 1.66. The van der Waals surface area contributed by atoms with Crippen LogP contribution in [0, 0.1) is 0 Å². The zero-order valence-electron chi connectivity index (χ0n) is 13.0. The number of anilines is 1. The van der Waals surface area contributed by atoms with Gasteiger partial charge in [0.2, 0.25) is 0 Å². The standard InChI is InChI=1S/C20H17BrN2O/c21-18-10-6-11-19(13-18)23-22-14-17-9-4-5-12-20(17)24-15-16-7-2-1-3-8-16/h1-14,23H,15H2. The van der Waals surface area contributed by atoms with Crippen LogP contribution in [0.5, 0.6) is 5.75 Å². The van der Waals surface area contributed by atoms with Gasteiger partial charge in [-0.05, 0) is 35.9 Å². The fraction of sp³-hybridized carbons (Fsp3) is 0.0500. The normalized spacial score (nSPS) is 10.7. The van der Waals surface area contributed by atoms with Gasteiger partial charge in [-0.15, -0.1) is 0 Å². The first-order chi connectivity index (χ1) is 11.8. The molecule has 0 saturated heterocycles. The van der Waals surface area contributed by atoms with Crippen LogP contribution in [-0.4, -0.2) is 6.21 Å². The van der Waals surface area contributed by atoms with Gasteiger partial charge in [-0.2, -0.15) is 5.10 Å². The number of nitrogens with one attached hydrogen (secondary N) is 1. The lowest BCUT2D eigenvalue weighted by Crippen LogP contribution is -1.99. The zero-order chi connectivity index (χ0) is 16.6. The molecular weight excluding hydrogens is 364 g/mol. The first kappa shape index (κ1) is 16.3. The van der Waals surface area contributed by atoms with Gasteiger partial charge in [-0.25, -0.2) is 0 Å². The van der Waals surface area contributed by atoms with Gasteiger partial charge in [0.25, 0.3) is 0 Å². The molecule has 0 saturated carbocycles. The molecule has 0 amide bonds. The highest BCUT2D eigenvalue weighted by molar-refractivity contribution is 9.10. The summed E-state index contributed by atoms with van der Waals surface area (Å²) >= 11 is 3.44. The zero-order valence-corrected chi connectivity index (χ0v) is 14.6. The van der Waals surface area contributed by atoms with Crippen LogP contribution in [0.4, 0.5) is 5.69 Å². The number of hydrazone groups is 1. The summed E-state index contributed by atoms with van der Waals surface area (Å²) in [4.78, 5) is 0. The van der Waals surface area contributed by atoms with E-state index in [9.17, 15) is 0 Å². The van der Waals surface area contributed by atoms with Crippen molar-refractivity contribution < 1.29 is 4.74 Å². The third-order valence-electron chi connectivity index (χ3n) is 3.38. The second-order valence-corrected chi connectivity index (χ2v) is 6.11. The molecule has 0 unspecified atom stereocenters. The molecule has 1 N–H and O–H groups in total. The molecule has 0 aliphatic heterocycles. The summed E-state index contributed by atoms with van der Waals surface area (Å²) in [6, 6.07) is 25.8. The van der Waals surface area contributed by atoms with Gasteiger partial charge in [0.05, 0.1) is 11.9 Å². The van der Waals surface area contributed by atoms with Gasteiger partial charge in [0, 0.05) is 10.0 Å². The molecule has 4 heteroatoms. The Morgan fingerprint density at radius 2 is 1.71 bits per heavy atom.